The van der Waals surface area contributed by atoms with Gasteiger partial charge in [-0.15, -0.1) is 0 Å². The van der Waals surface area contributed by atoms with Crippen LogP contribution < -0.4 is 0 Å². The Kier molecular flexibility index (Phi) is 3.83. The quantitative estimate of drug-likeness (QED) is 0.486. The van der Waals surface area contributed by atoms with E-state index in [2.05, 4.69) is 15.9 Å². The van der Waals surface area contributed by atoms with Crippen LogP contribution in [0.4, 0.5) is 4.39 Å². The average Bonchev–Trinajstić information content (AvgIpc) is 2.11. The average molecular weight is 282 g/mol. The van der Waals surface area contributed by atoms with Gasteiger partial charge in [-0.05, 0) is 12.1 Å². The maximum absolute atomic E-state index is 13.3. The zero-order valence-electron chi connectivity index (χ0n) is 6.97. The van der Waals surface area contributed by atoms with Gasteiger partial charge in [0.15, 0.2) is 0 Å². The number of nitrogens with zero attached hydrogens (tertiary/aromatic N) is 1. The summed E-state index contributed by atoms with van der Waals surface area (Å²) in [6.45, 7) is -0.310. The highest BCUT2D eigenvalue weighted by atomic mass is 79.9. The van der Waals surface area contributed by atoms with E-state index < -0.39 is 10.7 Å². The lowest BCUT2D eigenvalue weighted by atomic mass is 10.1. The maximum Gasteiger partial charge on any atom is 0.208 e. The van der Waals surface area contributed by atoms with Crippen molar-refractivity contribution in [3.8, 4) is 0 Å². The fourth-order valence-electron chi connectivity index (χ4n) is 1.00. The van der Waals surface area contributed by atoms with Crippen molar-refractivity contribution < 1.29 is 9.31 Å². The molecular weight excluding hydrogens is 276 g/mol. The van der Waals surface area contributed by atoms with Crippen molar-refractivity contribution in [2.24, 2.45) is 0 Å². The molecule has 0 atom stereocenters. The molecule has 0 radical (unpaired) electrons. The third-order valence-corrected chi connectivity index (χ3v) is 2.72. The Morgan fingerprint density at radius 3 is 2.79 bits per heavy atom. The molecule has 76 valence electrons. The SMILES string of the molecule is O=[N+]([O-])CCc1c(Br)ccc(Cl)c1F. The van der Waals surface area contributed by atoms with E-state index >= 15 is 0 Å². The molecule has 0 saturated carbocycles. The van der Waals surface area contributed by atoms with E-state index in [1.54, 1.807) is 6.07 Å². The second-order valence-corrected chi connectivity index (χ2v) is 3.89. The molecule has 0 unspecified atom stereocenters. The highest BCUT2D eigenvalue weighted by Crippen LogP contribution is 2.26. The molecule has 0 aliphatic rings. The van der Waals surface area contributed by atoms with E-state index in [9.17, 15) is 14.5 Å². The Morgan fingerprint density at radius 2 is 2.21 bits per heavy atom. The van der Waals surface area contributed by atoms with Gasteiger partial charge in [0.05, 0.1) is 5.02 Å². The van der Waals surface area contributed by atoms with Crippen LogP contribution in [-0.2, 0) is 6.42 Å². The van der Waals surface area contributed by atoms with Gasteiger partial charge < -0.3 is 0 Å². The minimum absolute atomic E-state index is 0.0217. The molecule has 0 heterocycles. The highest BCUT2D eigenvalue weighted by Gasteiger charge is 2.12. The third-order valence-electron chi connectivity index (χ3n) is 1.68. The smallest absolute Gasteiger partial charge is 0.208 e. The molecule has 3 nitrogen and oxygen atoms in total. The molecule has 6 heteroatoms. The van der Waals surface area contributed by atoms with Gasteiger partial charge in [0.25, 0.3) is 0 Å². The molecule has 0 spiro atoms. The number of hydrogen-bond donors (Lipinski definition) is 0. The van der Waals surface area contributed by atoms with Crippen molar-refractivity contribution in [3.05, 3.63) is 43.1 Å². The van der Waals surface area contributed by atoms with Crippen LogP contribution in [0.3, 0.4) is 0 Å². The number of hydrogen-bond acceptors (Lipinski definition) is 2. The summed E-state index contributed by atoms with van der Waals surface area (Å²) < 4.78 is 13.8. The van der Waals surface area contributed by atoms with Crippen molar-refractivity contribution in [3.63, 3.8) is 0 Å². The van der Waals surface area contributed by atoms with Gasteiger partial charge in [0.2, 0.25) is 6.54 Å². The van der Waals surface area contributed by atoms with Crippen LogP contribution in [0.1, 0.15) is 5.56 Å². The lowest BCUT2D eigenvalue weighted by Gasteiger charge is -2.04. The molecule has 0 N–H and O–H groups in total. The van der Waals surface area contributed by atoms with Gasteiger partial charge in [-0.2, -0.15) is 0 Å². The van der Waals surface area contributed by atoms with E-state index in [4.69, 9.17) is 11.6 Å². The van der Waals surface area contributed by atoms with E-state index in [1.807, 2.05) is 0 Å². The van der Waals surface area contributed by atoms with Crippen molar-refractivity contribution in [1.29, 1.82) is 0 Å². The Balaban J connectivity index is 2.95. The monoisotopic (exact) mass is 281 g/mol. The van der Waals surface area contributed by atoms with Crippen molar-refractivity contribution in [2.45, 2.75) is 6.42 Å². The predicted octanol–water partition coefficient (Wildman–Crippen LogP) is 3.06. The van der Waals surface area contributed by atoms with Crippen molar-refractivity contribution in [2.75, 3.05) is 6.54 Å². The lowest BCUT2D eigenvalue weighted by Crippen LogP contribution is -2.06. The molecule has 0 aliphatic carbocycles. The molecule has 0 aliphatic heterocycles. The van der Waals surface area contributed by atoms with E-state index in [1.165, 1.54) is 6.07 Å². The van der Waals surface area contributed by atoms with Gasteiger partial charge in [-0.25, -0.2) is 4.39 Å². The molecule has 0 aromatic heterocycles. The first kappa shape index (κ1) is 11.4. The minimum Gasteiger partial charge on any atom is -0.265 e. The number of benzene rings is 1. The fourth-order valence-corrected chi connectivity index (χ4v) is 1.68. The van der Waals surface area contributed by atoms with E-state index in [-0.39, 0.29) is 23.6 Å². The van der Waals surface area contributed by atoms with E-state index in [0.717, 1.165) is 0 Å². The highest BCUT2D eigenvalue weighted by molar-refractivity contribution is 9.10. The predicted molar refractivity (Wildman–Crippen MR) is 54.7 cm³/mol. The summed E-state index contributed by atoms with van der Waals surface area (Å²) in [5.74, 6) is -0.595. The van der Waals surface area contributed by atoms with Crippen LogP contribution in [0.2, 0.25) is 5.02 Å². The minimum atomic E-state index is -0.595. The molecule has 0 fully saturated rings. The van der Waals surface area contributed by atoms with Gasteiger partial charge >= 0.3 is 0 Å². The zero-order valence-corrected chi connectivity index (χ0v) is 9.31. The van der Waals surface area contributed by atoms with Crippen molar-refractivity contribution in [1.82, 2.24) is 0 Å². The summed E-state index contributed by atoms with van der Waals surface area (Å²) in [7, 11) is 0. The van der Waals surface area contributed by atoms with Crippen LogP contribution in [0.15, 0.2) is 16.6 Å². The van der Waals surface area contributed by atoms with Crippen LogP contribution in [0.25, 0.3) is 0 Å². The first-order valence-electron chi connectivity index (χ1n) is 3.76. The molecule has 1 rings (SSSR count). The Morgan fingerprint density at radius 1 is 1.57 bits per heavy atom. The first-order chi connectivity index (χ1) is 6.52. The summed E-state index contributed by atoms with van der Waals surface area (Å²) in [4.78, 5) is 9.62. The number of rotatable bonds is 3. The van der Waals surface area contributed by atoms with Gasteiger partial charge in [-0.1, -0.05) is 27.5 Å². The molecule has 1 aromatic rings. The molecule has 0 saturated heterocycles. The maximum atomic E-state index is 13.3. The first-order valence-corrected chi connectivity index (χ1v) is 4.93. The van der Waals surface area contributed by atoms with Crippen LogP contribution >= 0.6 is 27.5 Å². The summed E-state index contributed by atoms with van der Waals surface area (Å²) in [6.07, 6.45) is 0.0278. The summed E-state index contributed by atoms with van der Waals surface area (Å²) in [5.41, 5.74) is 0.245. The third kappa shape index (κ3) is 2.65. The van der Waals surface area contributed by atoms with Crippen LogP contribution in [0, 0.1) is 15.9 Å². The Bertz CT molecular complexity index is 373. The normalized spacial score (nSPS) is 10.2. The zero-order chi connectivity index (χ0) is 10.7. The summed E-state index contributed by atoms with van der Waals surface area (Å²) >= 11 is 8.65. The standard InChI is InChI=1S/C8H6BrClFNO2/c9-6-1-2-7(10)8(11)5(6)3-4-12(13)14/h1-2H,3-4H2. The fraction of sp³-hybridized carbons (Fsp3) is 0.250. The number of halogens is 3. The molecule has 0 amide bonds. The Labute approximate surface area is 93.2 Å². The Hall–Kier alpha value is -0.680. The van der Waals surface area contributed by atoms with E-state index in [0.29, 0.717) is 4.47 Å². The topological polar surface area (TPSA) is 43.1 Å². The molecular formula is C8H6BrClFNO2. The second-order valence-electron chi connectivity index (χ2n) is 2.63. The second kappa shape index (κ2) is 4.70. The largest absolute Gasteiger partial charge is 0.265 e. The van der Waals surface area contributed by atoms with Gasteiger partial charge in [0, 0.05) is 21.4 Å². The van der Waals surface area contributed by atoms with Crippen molar-refractivity contribution >= 4 is 27.5 Å². The molecule has 1 aromatic carbocycles. The van der Waals surface area contributed by atoms with Gasteiger partial charge in [-0.3, -0.25) is 10.1 Å². The number of nitro groups is 1. The summed E-state index contributed by atoms with van der Waals surface area (Å²) in [6, 6.07) is 2.97. The van der Waals surface area contributed by atoms with Crippen LogP contribution in [-0.4, -0.2) is 11.5 Å². The molecule has 14 heavy (non-hydrogen) atoms. The lowest BCUT2D eigenvalue weighted by molar-refractivity contribution is -0.479. The van der Waals surface area contributed by atoms with Crippen LogP contribution in [0.5, 0.6) is 0 Å². The summed E-state index contributed by atoms with van der Waals surface area (Å²) in [5, 5.41) is 10.1. The molecule has 0 bridgehead atoms. The van der Waals surface area contributed by atoms with Gasteiger partial charge in [0.1, 0.15) is 5.82 Å².